The van der Waals surface area contributed by atoms with Gasteiger partial charge in [0.05, 0.1) is 11.2 Å². The lowest BCUT2D eigenvalue weighted by atomic mass is 9.92. The van der Waals surface area contributed by atoms with Gasteiger partial charge in [0.15, 0.2) is 0 Å². The topological polar surface area (TPSA) is 67.2 Å². The molecule has 26 heavy (non-hydrogen) atoms. The van der Waals surface area contributed by atoms with Crippen LogP contribution in [0.15, 0.2) is 6.07 Å². The Morgan fingerprint density at radius 1 is 1.12 bits per heavy atom. The predicted molar refractivity (Wildman–Crippen MR) is 106 cm³/mol. The Morgan fingerprint density at radius 3 is 2.04 bits per heavy atom. The van der Waals surface area contributed by atoms with Crippen LogP contribution in [0, 0.1) is 5.92 Å². The molecule has 0 aliphatic heterocycles. The third kappa shape index (κ3) is 5.58. The fourth-order valence-corrected chi connectivity index (χ4v) is 2.53. The van der Waals surface area contributed by atoms with E-state index in [1.165, 1.54) is 0 Å². The number of hydrogen-bond acceptors (Lipinski definition) is 3. The Labute approximate surface area is 158 Å². The van der Waals surface area contributed by atoms with Gasteiger partial charge in [-0.15, -0.1) is 0 Å². The first-order valence-corrected chi connectivity index (χ1v) is 9.36. The average molecular weight is 365 g/mol. The minimum absolute atomic E-state index is 0.0186. The van der Waals surface area contributed by atoms with Crippen LogP contribution < -0.4 is 5.32 Å². The van der Waals surface area contributed by atoms with Crippen molar-refractivity contribution in [1.29, 1.82) is 0 Å². The number of carbonyl (C=O) groups is 2. The minimum atomic E-state index is -0.266. The van der Waals surface area contributed by atoms with Gasteiger partial charge in [-0.3, -0.25) is 9.59 Å². The van der Waals surface area contributed by atoms with Crippen LogP contribution in [0.3, 0.4) is 0 Å². The van der Waals surface area contributed by atoms with Gasteiger partial charge in [0.25, 0.3) is 0 Å². The van der Waals surface area contributed by atoms with Crippen LogP contribution in [-0.2, 0) is 20.5 Å². The van der Waals surface area contributed by atoms with E-state index in [2.05, 4.69) is 26.1 Å². The Hall–Kier alpha value is -1.85. The second-order valence-electron chi connectivity index (χ2n) is 9.51. The highest BCUT2D eigenvalue weighted by Gasteiger charge is 2.27. The lowest BCUT2D eigenvalue weighted by molar-refractivity contribution is -0.139. The molecule has 0 radical (unpaired) electrons. The first-order chi connectivity index (χ1) is 11.6. The smallest absolute Gasteiger partial charge is 0.245 e. The molecule has 0 atom stereocenters. The van der Waals surface area contributed by atoms with Crippen molar-refractivity contribution in [3.05, 3.63) is 11.8 Å². The Balaban J connectivity index is 3.08. The maximum atomic E-state index is 12.6. The summed E-state index contributed by atoms with van der Waals surface area (Å²) in [6, 6.07) is 1.89. The lowest BCUT2D eigenvalue weighted by Gasteiger charge is -2.28. The highest BCUT2D eigenvalue weighted by molar-refractivity contribution is 5.94. The molecule has 1 rings (SSSR count). The molecule has 0 aliphatic carbocycles. The quantitative estimate of drug-likeness (QED) is 0.865. The van der Waals surface area contributed by atoms with Crippen LogP contribution in [0.25, 0.3) is 0 Å². The predicted octanol–water partition coefficient (Wildman–Crippen LogP) is 3.77. The normalized spacial score (nSPS) is 12.6. The largest absolute Gasteiger partial charge is 0.331 e. The molecular weight excluding hydrogens is 328 g/mol. The van der Waals surface area contributed by atoms with Crippen LogP contribution in [0.2, 0.25) is 0 Å². The van der Waals surface area contributed by atoms with Gasteiger partial charge in [0.2, 0.25) is 11.8 Å². The lowest BCUT2D eigenvalue weighted by Crippen LogP contribution is -2.44. The van der Waals surface area contributed by atoms with Crippen LogP contribution >= 0.6 is 0 Å². The zero-order valence-electron chi connectivity index (χ0n) is 18.1. The minimum Gasteiger partial charge on any atom is -0.331 e. The molecule has 6 heteroatoms. The number of rotatable bonds is 5. The summed E-state index contributed by atoms with van der Waals surface area (Å²) >= 11 is 0. The number of nitrogens with zero attached hydrogens (tertiary/aromatic N) is 3. The van der Waals surface area contributed by atoms with Gasteiger partial charge < -0.3 is 10.2 Å². The highest BCUT2D eigenvalue weighted by Crippen LogP contribution is 2.28. The van der Waals surface area contributed by atoms with E-state index in [0.29, 0.717) is 5.82 Å². The number of nitrogens with one attached hydrogen (secondary N) is 1. The van der Waals surface area contributed by atoms with Gasteiger partial charge in [-0.1, -0.05) is 34.6 Å². The van der Waals surface area contributed by atoms with Crippen LogP contribution in [0.1, 0.15) is 74.9 Å². The summed E-state index contributed by atoms with van der Waals surface area (Å²) in [5.74, 6) is 0.291. The summed E-state index contributed by atoms with van der Waals surface area (Å²) in [6.07, 6.45) is 0. The van der Waals surface area contributed by atoms with Gasteiger partial charge in [-0.05, 0) is 34.6 Å². The third-order valence-corrected chi connectivity index (χ3v) is 4.09. The zero-order chi connectivity index (χ0) is 20.4. The van der Waals surface area contributed by atoms with Crippen LogP contribution in [-0.4, -0.2) is 39.1 Å². The van der Waals surface area contributed by atoms with Crippen molar-refractivity contribution in [1.82, 2.24) is 14.7 Å². The van der Waals surface area contributed by atoms with Crippen molar-refractivity contribution in [2.24, 2.45) is 5.92 Å². The maximum absolute atomic E-state index is 12.6. The van der Waals surface area contributed by atoms with E-state index in [0.717, 1.165) is 5.69 Å². The van der Waals surface area contributed by atoms with Gasteiger partial charge in [0.1, 0.15) is 12.4 Å². The third-order valence-electron chi connectivity index (χ3n) is 4.09. The molecule has 0 aliphatic rings. The molecule has 1 N–H and O–H groups in total. The van der Waals surface area contributed by atoms with Gasteiger partial charge >= 0.3 is 0 Å². The molecule has 0 unspecified atom stereocenters. The number of amides is 2. The summed E-state index contributed by atoms with van der Waals surface area (Å²) in [4.78, 5) is 26.6. The van der Waals surface area contributed by atoms with Crippen molar-refractivity contribution in [2.45, 2.75) is 86.2 Å². The molecule has 0 fully saturated rings. The van der Waals surface area contributed by atoms with Crippen molar-refractivity contribution in [2.75, 3.05) is 11.9 Å². The van der Waals surface area contributed by atoms with E-state index in [9.17, 15) is 9.59 Å². The van der Waals surface area contributed by atoms with Gasteiger partial charge in [-0.25, -0.2) is 4.68 Å². The molecule has 1 aromatic heterocycles. The number of hydrogen-bond donors (Lipinski definition) is 1. The molecule has 0 aromatic carbocycles. The fourth-order valence-electron chi connectivity index (χ4n) is 2.53. The molecule has 0 saturated heterocycles. The Morgan fingerprint density at radius 2 is 1.65 bits per heavy atom. The molecule has 1 heterocycles. The van der Waals surface area contributed by atoms with E-state index in [4.69, 9.17) is 5.10 Å². The molecule has 148 valence electrons. The summed E-state index contributed by atoms with van der Waals surface area (Å²) in [7, 11) is 0. The summed E-state index contributed by atoms with van der Waals surface area (Å²) < 4.78 is 1.84. The molecule has 0 bridgehead atoms. The van der Waals surface area contributed by atoms with Crippen molar-refractivity contribution >= 4 is 17.6 Å². The second-order valence-corrected chi connectivity index (χ2v) is 9.51. The van der Waals surface area contributed by atoms with Crippen molar-refractivity contribution in [3.63, 3.8) is 0 Å². The van der Waals surface area contributed by atoms with Crippen LogP contribution in [0.5, 0.6) is 0 Å². The summed E-state index contributed by atoms with van der Waals surface area (Å²) in [6.45, 7) is 20.0. The SMILES string of the molecule is CC(C)C(=O)N(CC(=O)Nc1cc(C(C)(C)C)nn1C(C)(C)C)C(C)C. The zero-order valence-corrected chi connectivity index (χ0v) is 18.1. The number of aromatic nitrogens is 2. The first-order valence-electron chi connectivity index (χ1n) is 9.36. The molecule has 1 aromatic rings. The number of anilines is 1. The first kappa shape index (κ1) is 22.2. The standard InChI is InChI=1S/C20H36N4O2/c1-13(2)18(26)23(14(3)4)12-17(25)21-16-11-15(19(5,6)7)22-24(16)20(8,9)10/h11,13-14H,12H2,1-10H3,(H,21,25). The molecule has 6 nitrogen and oxygen atoms in total. The van der Waals surface area contributed by atoms with E-state index in [1.54, 1.807) is 4.90 Å². The van der Waals surface area contributed by atoms with Gasteiger partial charge in [0, 0.05) is 23.4 Å². The fraction of sp³-hybridized carbons (Fsp3) is 0.750. The van der Waals surface area contributed by atoms with Gasteiger partial charge in [-0.2, -0.15) is 5.10 Å². The molecule has 2 amide bonds. The average Bonchev–Trinajstić information content (AvgIpc) is 2.87. The molecule has 0 saturated carbocycles. The molecule has 0 spiro atoms. The van der Waals surface area contributed by atoms with Crippen molar-refractivity contribution < 1.29 is 9.59 Å². The monoisotopic (exact) mass is 364 g/mol. The Kier molecular flexibility index (Phi) is 6.66. The second kappa shape index (κ2) is 7.80. The summed E-state index contributed by atoms with van der Waals surface area (Å²) in [5, 5.41) is 7.66. The van der Waals surface area contributed by atoms with E-state index >= 15 is 0 Å². The summed E-state index contributed by atoms with van der Waals surface area (Å²) in [5.41, 5.74) is 0.534. The van der Waals surface area contributed by atoms with Crippen molar-refractivity contribution in [3.8, 4) is 0 Å². The Bertz CT molecular complexity index is 646. The van der Waals surface area contributed by atoms with E-state index < -0.39 is 0 Å². The molecular formula is C20H36N4O2. The van der Waals surface area contributed by atoms with E-state index in [-0.39, 0.29) is 41.3 Å². The number of carbonyl (C=O) groups excluding carboxylic acids is 2. The highest BCUT2D eigenvalue weighted by atomic mass is 16.2. The van der Waals surface area contributed by atoms with E-state index in [1.807, 2.05) is 59.2 Å². The maximum Gasteiger partial charge on any atom is 0.245 e. The van der Waals surface area contributed by atoms with Crippen LogP contribution in [0.4, 0.5) is 5.82 Å².